The van der Waals surface area contributed by atoms with Gasteiger partial charge < -0.3 is 49.3 Å². The number of halogens is 10. The third-order valence-electron chi connectivity index (χ3n) is 19.8. The molecule has 3 aliphatic heterocycles. The van der Waals surface area contributed by atoms with Crippen molar-refractivity contribution in [2.45, 2.75) is 113 Å². The van der Waals surface area contributed by atoms with E-state index in [0.717, 1.165) is 76.6 Å². The van der Waals surface area contributed by atoms with Crippen molar-refractivity contribution in [2.75, 3.05) is 117 Å². The number of carboxylic acid groups (broad SMARTS) is 1. The zero-order valence-electron chi connectivity index (χ0n) is 56.5. The fraction of sp³-hybridized carbons (Fsp3) is 0.466. The lowest BCUT2D eigenvalue weighted by Gasteiger charge is -2.44. The van der Waals surface area contributed by atoms with Crippen LogP contribution in [0, 0.1) is 12.7 Å². The number of hydrogen-bond donors (Lipinski definition) is 2. The van der Waals surface area contributed by atoms with Crippen LogP contribution in [0.3, 0.4) is 0 Å². The van der Waals surface area contributed by atoms with Gasteiger partial charge in [-0.2, -0.15) is 26.3 Å². The molecule has 0 saturated carbocycles. The molecule has 16 nitrogen and oxygen atoms in total. The normalized spacial score (nSPS) is 17.7. The van der Waals surface area contributed by atoms with Gasteiger partial charge in [0.15, 0.2) is 0 Å². The molecule has 0 bridgehead atoms. The van der Waals surface area contributed by atoms with E-state index in [2.05, 4.69) is 27.2 Å². The van der Waals surface area contributed by atoms with Crippen LogP contribution in [0.4, 0.5) is 46.2 Å². The first-order chi connectivity index (χ1) is 46.3. The highest BCUT2D eigenvalue weighted by molar-refractivity contribution is 7.18. The number of nitrogens with zero attached hydrogens (tertiary/aromatic N) is 7. The number of thiophene rings is 1. The van der Waals surface area contributed by atoms with Gasteiger partial charge in [-0.15, -0.1) is 48.6 Å². The second-order valence-corrected chi connectivity index (χ2v) is 27.2. The number of piperidine rings is 2. The molecular formula is C73H88Cl3F7N8O8S. The number of ether oxygens (including phenoxy) is 2. The molecule has 544 valence electrons. The Morgan fingerprint density at radius 1 is 0.700 bits per heavy atom. The molecule has 1 aromatic heterocycles. The average molecular weight is 1480 g/mol. The first-order valence-electron chi connectivity index (χ1n) is 33.2. The number of likely N-dealkylation sites (tertiary alicyclic amines) is 2. The Labute approximate surface area is 602 Å². The Bertz CT molecular complexity index is 3700. The van der Waals surface area contributed by atoms with Crippen molar-refractivity contribution in [3.8, 4) is 11.1 Å². The molecule has 5 aromatic carbocycles. The molecule has 10 rings (SSSR count). The fourth-order valence-electron chi connectivity index (χ4n) is 14.1. The standard InChI is InChI=1S/C73H85F7N8O8S.3ClH/c1-50-42-63(81-32-14-6-9-22-64(89)83(3)40-41-85-35-27-58(28-36-85)88(69(93)94)61-21-13-11-19-59(61)51-16-7-5-8-17-51)97-66(50)68(92)84(4)34-15-33-82(2)65(90)47-95-62-45-52-18-10-12-20-60(52)70(62)29-37-86(38-30-70)39-31-71(54-23-25-57(74)26-24-54)48-87(49-96-71)67(91)53-43-55(72(75,76)77)46-56(44-53)73(78,79)80;;;/h5,7-8,10-13,16-21,23-26,42-44,46,58,62,81H,6,9,14-15,22,27-41,45,47-49H2,1-4H3,(H,93,94);3*1H/t62-,71+;;;/m0.../s1. The number of aryl methyl sites for hydroxylation is 1. The van der Waals surface area contributed by atoms with Crippen LogP contribution in [0.5, 0.6) is 0 Å². The molecular weight excluding hydrogens is 1390 g/mol. The minimum Gasteiger partial charge on any atom is -0.465 e. The molecule has 5 amide bonds. The number of unbranched alkanes of at least 4 members (excludes halogenated alkanes) is 2. The number of carbonyl (C=O) groups excluding carboxylic acids is 4. The number of benzene rings is 5. The monoisotopic (exact) mass is 1470 g/mol. The highest BCUT2D eigenvalue weighted by Gasteiger charge is 2.50. The zero-order chi connectivity index (χ0) is 69.2. The summed E-state index contributed by atoms with van der Waals surface area (Å²) in [7, 11) is 5.32. The van der Waals surface area contributed by atoms with Crippen LogP contribution >= 0.6 is 48.6 Å². The molecule has 3 fully saturated rings. The van der Waals surface area contributed by atoms with Crippen LogP contribution < -0.4 is 10.2 Å². The van der Waals surface area contributed by atoms with Crippen molar-refractivity contribution in [3.63, 3.8) is 0 Å². The number of amides is 5. The van der Waals surface area contributed by atoms with Crippen molar-refractivity contribution in [1.82, 2.24) is 29.4 Å². The summed E-state index contributed by atoms with van der Waals surface area (Å²) in [6, 6.07) is 33.7. The lowest BCUT2D eigenvalue weighted by Crippen LogP contribution is -2.50. The maximum absolute atomic E-state index is 14.3. The van der Waals surface area contributed by atoms with Crippen LogP contribution in [0.25, 0.3) is 11.1 Å². The summed E-state index contributed by atoms with van der Waals surface area (Å²) >= 11 is 1.41. The molecule has 1 aliphatic carbocycles. The summed E-state index contributed by atoms with van der Waals surface area (Å²) in [5.41, 5.74) is 0.516. The zero-order valence-corrected chi connectivity index (χ0v) is 59.7. The second kappa shape index (κ2) is 35.2. The van der Waals surface area contributed by atoms with Gasteiger partial charge in [0, 0.05) is 103 Å². The van der Waals surface area contributed by atoms with Gasteiger partial charge in [0.05, 0.1) is 39.3 Å². The van der Waals surface area contributed by atoms with Crippen molar-refractivity contribution in [3.05, 3.63) is 177 Å². The Morgan fingerprint density at radius 3 is 1.99 bits per heavy atom. The van der Waals surface area contributed by atoms with Crippen molar-refractivity contribution in [2.24, 2.45) is 0 Å². The number of carbonyl (C=O) groups is 5. The van der Waals surface area contributed by atoms with Gasteiger partial charge in [-0.05, 0) is 148 Å². The van der Waals surface area contributed by atoms with E-state index in [1.807, 2.05) is 86.8 Å². The Morgan fingerprint density at radius 2 is 1.32 bits per heavy atom. The number of likely N-dealkylation sites (N-methyl/N-ethyl adjacent to an activating group) is 2. The SMILES string of the molecule is Cc1cc(NCCCCCC(=O)N(C)CCN2CCC(N(C(=O)O)c3ccccc3-c3ccccc3)CC2)sc1C(=O)N(C)CCCN(C)C(=O)CO[C@H]1Cc2ccccc2C12CCN(CC[C@]1(c3ccc(F)cc3)CN(C(=O)c3cc(C(F)(F)F)cc(C(F)(F)F)c3)CO1)CC2.Cl.Cl.Cl. The van der Waals surface area contributed by atoms with E-state index in [1.165, 1.54) is 40.5 Å². The molecule has 100 heavy (non-hydrogen) atoms. The van der Waals surface area contributed by atoms with Crippen LogP contribution in [-0.2, 0) is 48.9 Å². The molecule has 6 aromatic rings. The summed E-state index contributed by atoms with van der Waals surface area (Å²) < 4.78 is 110. The number of fused-ring (bicyclic) bond motifs is 2. The highest BCUT2D eigenvalue weighted by Crippen LogP contribution is 2.49. The molecule has 27 heteroatoms. The largest absolute Gasteiger partial charge is 0.465 e. The van der Waals surface area contributed by atoms with E-state index in [9.17, 15) is 59.8 Å². The van der Waals surface area contributed by atoms with E-state index in [-0.39, 0.29) is 92.7 Å². The van der Waals surface area contributed by atoms with Crippen LogP contribution in [0.2, 0.25) is 0 Å². The Kier molecular flexibility index (Phi) is 28.3. The molecule has 2 atom stereocenters. The first kappa shape index (κ1) is 80.3. The van der Waals surface area contributed by atoms with Crippen molar-refractivity contribution in [1.29, 1.82) is 0 Å². The number of alkyl halides is 6. The van der Waals surface area contributed by atoms with Crippen molar-refractivity contribution < 1.29 is 69.3 Å². The number of hydrogen-bond acceptors (Lipinski definition) is 11. The third-order valence-corrected chi connectivity index (χ3v) is 21.0. The number of nitrogens with one attached hydrogen (secondary N) is 1. The average Bonchev–Trinajstić information content (AvgIpc) is 1.58. The predicted molar refractivity (Wildman–Crippen MR) is 380 cm³/mol. The minimum absolute atomic E-state index is 0. The molecule has 4 heterocycles. The van der Waals surface area contributed by atoms with E-state index in [1.54, 1.807) is 28.8 Å². The maximum Gasteiger partial charge on any atom is 0.416 e. The van der Waals surface area contributed by atoms with E-state index < -0.39 is 64.6 Å². The van der Waals surface area contributed by atoms with Crippen molar-refractivity contribution >= 4 is 89.0 Å². The van der Waals surface area contributed by atoms with Crippen LogP contribution in [0.1, 0.15) is 118 Å². The van der Waals surface area contributed by atoms with Gasteiger partial charge in [-0.25, -0.2) is 9.18 Å². The fourth-order valence-corrected chi connectivity index (χ4v) is 15.2. The smallest absolute Gasteiger partial charge is 0.416 e. The summed E-state index contributed by atoms with van der Waals surface area (Å²) in [5, 5.41) is 14.7. The van der Waals surface area contributed by atoms with Gasteiger partial charge in [0.1, 0.15) is 24.8 Å². The molecule has 0 unspecified atom stereocenters. The Hall–Kier alpha value is -7.03. The number of rotatable bonds is 26. The van der Waals surface area contributed by atoms with Crippen LogP contribution in [-0.4, -0.2) is 183 Å². The third kappa shape index (κ3) is 19.4. The van der Waals surface area contributed by atoms with E-state index >= 15 is 0 Å². The highest BCUT2D eigenvalue weighted by atomic mass is 35.5. The quantitative estimate of drug-likeness (QED) is 0.0393. The van der Waals surface area contributed by atoms with E-state index in [4.69, 9.17) is 9.47 Å². The molecule has 2 N–H and O–H groups in total. The second-order valence-electron chi connectivity index (χ2n) is 26.2. The van der Waals surface area contributed by atoms with Gasteiger partial charge in [0.25, 0.3) is 11.8 Å². The van der Waals surface area contributed by atoms with E-state index in [0.29, 0.717) is 119 Å². The molecule has 1 spiro atoms. The predicted octanol–water partition coefficient (Wildman–Crippen LogP) is 14.6. The van der Waals surface area contributed by atoms with Gasteiger partial charge in [-0.3, -0.25) is 24.1 Å². The summed E-state index contributed by atoms with van der Waals surface area (Å²) in [6.45, 7) is 7.05. The topological polar surface area (TPSA) is 159 Å². The molecule has 0 radical (unpaired) electrons. The van der Waals surface area contributed by atoms with Gasteiger partial charge in [-0.1, -0.05) is 91.3 Å². The first-order valence-corrected chi connectivity index (χ1v) is 34.0. The van der Waals surface area contributed by atoms with Gasteiger partial charge in [0.2, 0.25) is 11.8 Å². The Balaban J connectivity index is 0.00000468. The molecule has 3 saturated heterocycles. The lowest BCUT2D eigenvalue weighted by molar-refractivity contribution is -0.143. The van der Waals surface area contributed by atoms with Crippen LogP contribution in [0.15, 0.2) is 127 Å². The summed E-state index contributed by atoms with van der Waals surface area (Å²) in [5.74, 6) is -1.81. The lowest BCUT2D eigenvalue weighted by atomic mass is 9.72. The summed E-state index contributed by atoms with van der Waals surface area (Å²) in [4.78, 5) is 79.8. The number of anilines is 2. The summed E-state index contributed by atoms with van der Waals surface area (Å²) in [6.07, 6.45) is -4.52. The molecule has 4 aliphatic rings. The van der Waals surface area contributed by atoms with Gasteiger partial charge >= 0.3 is 18.4 Å². The maximum atomic E-state index is 14.3. The minimum atomic E-state index is -5.15. The number of para-hydroxylation sites is 1.